The van der Waals surface area contributed by atoms with E-state index in [1.807, 2.05) is 0 Å². The van der Waals surface area contributed by atoms with Crippen molar-refractivity contribution in [2.24, 2.45) is 0 Å². The Labute approximate surface area is 131 Å². The normalized spacial score (nSPS) is 7.89. The molecule has 7 heteroatoms. The van der Waals surface area contributed by atoms with E-state index < -0.39 is 0 Å². The van der Waals surface area contributed by atoms with Gasteiger partial charge in [-0.05, 0) is 35.2 Å². The van der Waals surface area contributed by atoms with Gasteiger partial charge in [0, 0.05) is 47.2 Å². The molecule has 0 heterocycles. The minimum absolute atomic E-state index is 0. The minimum atomic E-state index is 0. The molecule has 0 aliphatic carbocycles. The molecule has 0 saturated carbocycles. The van der Waals surface area contributed by atoms with Crippen molar-refractivity contribution in [3.8, 4) is 0 Å². The first-order valence-corrected chi connectivity index (χ1v) is 5.11. The molecule has 0 radical (unpaired) electrons. The fourth-order valence-electron chi connectivity index (χ4n) is 0.853. The van der Waals surface area contributed by atoms with Crippen LogP contribution in [0.4, 0.5) is 0 Å². The maximum absolute atomic E-state index is 7.50. The molecule has 0 atom stereocenters. The summed E-state index contributed by atoms with van der Waals surface area (Å²) in [6, 6.07) is 0. The molecule has 0 aromatic rings. The summed E-state index contributed by atoms with van der Waals surface area (Å²) < 4.78 is 22.5. The maximum Gasteiger partial charge on any atom is 0 e. The van der Waals surface area contributed by atoms with Crippen molar-refractivity contribution in [2.75, 3.05) is 61.4 Å². The van der Waals surface area contributed by atoms with Gasteiger partial charge in [0.1, 0.15) is 0 Å². The second-order valence-corrected chi connectivity index (χ2v) is 3.91. The first-order valence-electron chi connectivity index (χ1n) is 5.11. The van der Waals surface area contributed by atoms with Gasteiger partial charge in [0.25, 0.3) is 0 Å². The van der Waals surface area contributed by atoms with Gasteiger partial charge in [0.15, 0.2) is 0 Å². The van der Waals surface area contributed by atoms with Crippen LogP contribution in [0.3, 0.4) is 0 Å². The van der Waals surface area contributed by atoms with Crippen molar-refractivity contribution < 1.29 is 35.0 Å². The van der Waals surface area contributed by atoms with Crippen molar-refractivity contribution in [2.45, 2.75) is 0 Å². The molecule has 0 saturated heterocycles. The van der Waals surface area contributed by atoms with Gasteiger partial charge in [-0.15, -0.1) is 0 Å². The van der Waals surface area contributed by atoms with E-state index in [2.05, 4.69) is 69.9 Å². The summed E-state index contributed by atoms with van der Waals surface area (Å²) in [6.45, 7) is 18.1. The van der Waals surface area contributed by atoms with E-state index in [0.29, 0.717) is 0 Å². The smallest absolute Gasteiger partial charge is 0 e. The van der Waals surface area contributed by atoms with Crippen LogP contribution in [-0.2, 0) is 35.0 Å². The van der Waals surface area contributed by atoms with Crippen LogP contribution in [0.1, 0.15) is 0 Å². The van der Waals surface area contributed by atoms with Crippen LogP contribution in [0.5, 0.6) is 0 Å². The van der Waals surface area contributed by atoms with E-state index in [9.17, 15) is 0 Å². The van der Waals surface area contributed by atoms with Gasteiger partial charge in [-0.1, -0.05) is 0 Å². The minimum Gasteiger partial charge on any atom is 0 e. The topological polar surface area (TPSA) is 69.4 Å². The molecule has 0 aliphatic heterocycles. The van der Waals surface area contributed by atoms with Gasteiger partial charge >= 0.3 is 33.9 Å². The standard InChI is InChI=1S/C9H23N3.3CO.Mo/c1-10(2)6-8-12(5)9-7-11(3)4;3*1-2;/h6-9H2,1-5H3;;;;. The van der Waals surface area contributed by atoms with Gasteiger partial charge in [-0.3, -0.25) is 0 Å². The van der Waals surface area contributed by atoms with E-state index in [4.69, 9.17) is 14.0 Å². The van der Waals surface area contributed by atoms with Crippen molar-refractivity contribution in [1.29, 1.82) is 0 Å². The van der Waals surface area contributed by atoms with E-state index in [-0.39, 0.29) is 21.1 Å². The molecule has 110 valence electrons. The quantitative estimate of drug-likeness (QED) is 0.381. The molecule has 0 amide bonds. The van der Waals surface area contributed by atoms with E-state index in [1.54, 1.807) is 0 Å². The first kappa shape index (κ1) is 31.3. The van der Waals surface area contributed by atoms with Crippen LogP contribution in [0.15, 0.2) is 0 Å². The fourth-order valence-corrected chi connectivity index (χ4v) is 0.853. The van der Waals surface area contributed by atoms with Crippen LogP contribution in [-0.4, -0.2) is 76.1 Å². The number of hydrogen-bond donors (Lipinski definition) is 0. The van der Waals surface area contributed by atoms with Gasteiger partial charge in [0.05, 0.1) is 0 Å². The van der Waals surface area contributed by atoms with Crippen molar-refractivity contribution in [1.82, 2.24) is 14.7 Å². The third-order valence-electron chi connectivity index (χ3n) is 1.86. The number of rotatable bonds is 6. The maximum atomic E-state index is 7.50. The molecule has 0 aliphatic rings. The Hall–Kier alpha value is -0.212. The molecule has 6 nitrogen and oxygen atoms in total. The second kappa shape index (κ2) is 30.7. The Bertz CT molecular complexity index is 180. The number of nitrogens with zero attached hydrogens (tertiary/aromatic N) is 3. The summed E-state index contributed by atoms with van der Waals surface area (Å²) in [6.07, 6.45) is 0. The van der Waals surface area contributed by atoms with E-state index in [0.717, 1.165) is 26.2 Å². The van der Waals surface area contributed by atoms with Crippen molar-refractivity contribution >= 4 is 0 Å². The molecular formula is C12H23MoN3O3. The van der Waals surface area contributed by atoms with E-state index in [1.165, 1.54) is 0 Å². The molecule has 0 fully saturated rings. The van der Waals surface area contributed by atoms with Gasteiger partial charge in [-0.25, -0.2) is 0 Å². The van der Waals surface area contributed by atoms with Crippen LogP contribution in [0, 0.1) is 20.0 Å². The molecule has 0 aromatic heterocycles. The van der Waals surface area contributed by atoms with Crippen LogP contribution >= 0.6 is 0 Å². The fraction of sp³-hybridized carbons (Fsp3) is 0.750. The Kier molecular flexibility index (Phi) is 50.5. The van der Waals surface area contributed by atoms with Gasteiger partial charge < -0.3 is 14.7 Å². The van der Waals surface area contributed by atoms with Crippen LogP contribution < -0.4 is 0 Å². The third kappa shape index (κ3) is 46.3. The SMILES string of the molecule is CN(C)CCN(C)CCN(C)C.[C-]#[O+].[C-]#[O+].[C-]#[O+].[Mo]. The summed E-state index contributed by atoms with van der Waals surface area (Å²) in [5, 5.41) is 0. The summed E-state index contributed by atoms with van der Waals surface area (Å²) in [7, 11) is 10.6. The van der Waals surface area contributed by atoms with Gasteiger partial charge in [0.2, 0.25) is 0 Å². The summed E-state index contributed by atoms with van der Waals surface area (Å²) >= 11 is 0. The Balaban J connectivity index is -0.0000000816. The molecule has 0 aromatic carbocycles. The largest absolute Gasteiger partial charge is 0 e. The summed E-state index contributed by atoms with van der Waals surface area (Å²) in [5.74, 6) is 0. The summed E-state index contributed by atoms with van der Waals surface area (Å²) in [5.41, 5.74) is 0. The van der Waals surface area contributed by atoms with Crippen molar-refractivity contribution in [3.05, 3.63) is 20.0 Å². The van der Waals surface area contributed by atoms with Crippen molar-refractivity contribution in [3.63, 3.8) is 0 Å². The zero-order valence-electron chi connectivity index (χ0n) is 12.3. The first-order chi connectivity index (χ1) is 8.52. The molecule has 0 bridgehead atoms. The summed E-state index contributed by atoms with van der Waals surface area (Å²) in [4.78, 5) is 6.79. The zero-order valence-corrected chi connectivity index (χ0v) is 14.3. The Morgan fingerprint density at radius 1 is 0.579 bits per heavy atom. The molecular weight excluding hydrogens is 330 g/mol. The Morgan fingerprint density at radius 2 is 0.789 bits per heavy atom. The van der Waals surface area contributed by atoms with Crippen LogP contribution in [0.2, 0.25) is 0 Å². The molecule has 0 unspecified atom stereocenters. The molecule has 0 spiro atoms. The third-order valence-corrected chi connectivity index (χ3v) is 1.86. The Morgan fingerprint density at radius 3 is 0.947 bits per heavy atom. The molecule has 0 N–H and O–H groups in total. The van der Waals surface area contributed by atoms with Gasteiger partial charge in [-0.2, -0.15) is 0 Å². The average Bonchev–Trinajstić information content (AvgIpc) is 2.41. The monoisotopic (exact) mass is 355 g/mol. The van der Waals surface area contributed by atoms with Crippen LogP contribution in [0.25, 0.3) is 0 Å². The average molecular weight is 353 g/mol. The molecule has 0 rings (SSSR count). The number of hydrogen-bond acceptors (Lipinski definition) is 3. The predicted octanol–water partition coefficient (Wildman–Crippen LogP) is -0.0736. The zero-order chi connectivity index (χ0) is 15.6. The second-order valence-electron chi connectivity index (χ2n) is 3.91. The molecule has 19 heavy (non-hydrogen) atoms. The number of likely N-dealkylation sites (N-methyl/N-ethyl adjacent to an activating group) is 3. The predicted molar refractivity (Wildman–Crippen MR) is 66.4 cm³/mol. The van der Waals surface area contributed by atoms with E-state index >= 15 is 0 Å².